The summed E-state index contributed by atoms with van der Waals surface area (Å²) in [5.41, 5.74) is -1.46. The number of nitrogens with zero attached hydrogens (tertiary/aromatic N) is 4. The number of alkyl halides is 3. The molecule has 0 spiro atoms. The number of halogens is 3. The van der Waals surface area contributed by atoms with Gasteiger partial charge in [0.15, 0.2) is 0 Å². The predicted octanol–water partition coefficient (Wildman–Crippen LogP) is 3.34. The summed E-state index contributed by atoms with van der Waals surface area (Å²) < 4.78 is 44.5. The Bertz CT molecular complexity index is 1700. The van der Waals surface area contributed by atoms with Gasteiger partial charge in [-0.25, -0.2) is 4.79 Å². The summed E-state index contributed by atoms with van der Waals surface area (Å²) in [4.78, 5) is 38.3. The molecule has 11 heteroatoms. The predicted molar refractivity (Wildman–Crippen MR) is 120 cm³/mol. The molecule has 0 amide bonds. The zero-order valence-corrected chi connectivity index (χ0v) is 18.4. The molecule has 2 aromatic heterocycles. The number of fused-ring (bicyclic) bond motifs is 2. The molecule has 1 atom stereocenters. The molecule has 0 fully saturated rings. The molecule has 172 valence electrons. The minimum Gasteiger partial charge on any atom is -0.302 e. The number of hydrogen-bond acceptors (Lipinski definition) is 5. The van der Waals surface area contributed by atoms with Crippen LogP contribution in [0.25, 0.3) is 15.9 Å². The van der Waals surface area contributed by atoms with Crippen molar-refractivity contribution in [1.82, 2.24) is 13.7 Å². The molecule has 0 radical (unpaired) electrons. The fourth-order valence-corrected chi connectivity index (χ4v) is 5.46. The summed E-state index contributed by atoms with van der Waals surface area (Å²) in [5, 5.41) is 9.54. The number of nitriles is 1. The fourth-order valence-electron chi connectivity index (χ4n) is 4.55. The van der Waals surface area contributed by atoms with Crippen LogP contribution in [0.1, 0.15) is 34.7 Å². The number of aryl methyl sites for hydroxylation is 1. The minimum atomic E-state index is -4.56. The summed E-state index contributed by atoms with van der Waals surface area (Å²) >= 11 is 0.983. The van der Waals surface area contributed by atoms with E-state index in [2.05, 4.69) is 0 Å². The molecule has 0 saturated heterocycles. The molecule has 1 aliphatic rings. The first-order valence-corrected chi connectivity index (χ1v) is 11.0. The van der Waals surface area contributed by atoms with Gasteiger partial charge >= 0.3 is 16.7 Å². The van der Waals surface area contributed by atoms with E-state index >= 15 is 0 Å². The Balaban J connectivity index is 1.74. The molecule has 0 N–H and O–H groups in total. The Morgan fingerprint density at radius 1 is 1.15 bits per heavy atom. The zero-order valence-electron chi connectivity index (χ0n) is 17.6. The quantitative estimate of drug-likeness (QED) is 0.437. The van der Waals surface area contributed by atoms with Crippen molar-refractivity contribution in [2.75, 3.05) is 0 Å². The molecule has 4 aromatic rings. The van der Waals surface area contributed by atoms with Crippen molar-refractivity contribution < 1.29 is 13.2 Å². The van der Waals surface area contributed by atoms with Crippen LogP contribution < -0.4 is 16.1 Å². The number of hydrogen-bond donors (Lipinski definition) is 0. The van der Waals surface area contributed by atoms with Crippen LogP contribution in [0.15, 0.2) is 57.0 Å². The molecule has 0 unspecified atom stereocenters. The van der Waals surface area contributed by atoms with Gasteiger partial charge in [-0.3, -0.25) is 18.7 Å². The van der Waals surface area contributed by atoms with E-state index in [4.69, 9.17) is 0 Å². The zero-order chi connectivity index (χ0) is 24.4. The lowest BCUT2D eigenvalue weighted by Crippen LogP contribution is -2.42. The first-order chi connectivity index (χ1) is 16.1. The van der Waals surface area contributed by atoms with Crippen LogP contribution in [0.5, 0.6) is 0 Å². The van der Waals surface area contributed by atoms with E-state index in [9.17, 15) is 32.8 Å². The maximum absolute atomic E-state index is 13.5. The van der Waals surface area contributed by atoms with Crippen molar-refractivity contribution in [3.8, 4) is 11.8 Å². The normalized spacial score (nSPS) is 15.4. The van der Waals surface area contributed by atoms with Crippen molar-refractivity contribution in [2.45, 2.75) is 25.1 Å². The highest BCUT2D eigenvalue weighted by atomic mass is 32.1. The number of thiazole rings is 1. The van der Waals surface area contributed by atoms with Crippen molar-refractivity contribution >= 4 is 21.6 Å². The van der Waals surface area contributed by atoms with Gasteiger partial charge in [-0.2, -0.15) is 18.4 Å². The van der Waals surface area contributed by atoms with Crippen molar-refractivity contribution in [2.24, 2.45) is 7.05 Å². The largest absolute Gasteiger partial charge is 0.416 e. The fraction of sp³-hybridized carbons (Fsp3) is 0.217. The average Bonchev–Trinajstić information content (AvgIpc) is 3.34. The third-order valence-corrected chi connectivity index (χ3v) is 7.15. The standard InChI is InChI=1S/C23H15F3N4O3S/c1-28-18-7-5-13(9-19(18)34-22(28)33)29-11-12(10-27)20(31)30(21(29)32)17-8-6-14-15(17)3-2-4-16(14)23(24,25)26/h2-5,7,9,11,17H,6,8H2,1H3/t17-/m1/s1. The van der Waals surface area contributed by atoms with Crippen molar-refractivity contribution in [1.29, 1.82) is 5.26 Å². The molecule has 34 heavy (non-hydrogen) atoms. The number of rotatable bonds is 2. The van der Waals surface area contributed by atoms with Crippen LogP contribution in [0, 0.1) is 11.3 Å². The van der Waals surface area contributed by atoms with Gasteiger partial charge in [-0.05, 0) is 48.2 Å². The summed E-state index contributed by atoms with van der Waals surface area (Å²) in [6.07, 6.45) is -3.28. The summed E-state index contributed by atoms with van der Waals surface area (Å²) in [7, 11) is 1.62. The SMILES string of the molecule is Cn1c(=O)sc2cc(-n3cc(C#N)c(=O)n([C@@H]4CCc5c4cccc5C(F)(F)F)c3=O)ccc21. The monoisotopic (exact) mass is 484 g/mol. The molecule has 1 aliphatic carbocycles. The second-order valence-electron chi connectivity index (χ2n) is 7.99. The molecule has 0 aliphatic heterocycles. The van der Waals surface area contributed by atoms with Crippen LogP contribution in [0.3, 0.4) is 0 Å². The average molecular weight is 484 g/mol. The summed E-state index contributed by atoms with van der Waals surface area (Å²) in [6.45, 7) is 0. The van der Waals surface area contributed by atoms with Crippen molar-refractivity contribution in [3.05, 3.63) is 95.4 Å². The van der Waals surface area contributed by atoms with Gasteiger partial charge in [0.25, 0.3) is 5.56 Å². The van der Waals surface area contributed by atoms with E-state index < -0.39 is 29.0 Å². The van der Waals surface area contributed by atoms with Gasteiger partial charge in [0.05, 0.1) is 27.5 Å². The highest BCUT2D eigenvalue weighted by Gasteiger charge is 2.38. The molecular weight excluding hydrogens is 469 g/mol. The number of aromatic nitrogens is 3. The highest BCUT2D eigenvalue weighted by Crippen LogP contribution is 2.41. The Morgan fingerprint density at radius 3 is 2.62 bits per heavy atom. The van der Waals surface area contributed by atoms with Gasteiger partial charge in [0.1, 0.15) is 11.6 Å². The molecule has 7 nitrogen and oxygen atoms in total. The van der Waals surface area contributed by atoms with Crippen LogP contribution in [-0.4, -0.2) is 13.7 Å². The second kappa shape index (κ2) is 7.56. The van der Waals surface area contributed by atoms with E-state index in [0.717, 1.165) is 32.7 Å². The molecule has 0 saturated carbocycles. The lowest BCUT2D eigenvalue weighted by molar-refractivity contribution is -0.138. The molecular formula is C23H15F3N4O3S. The Hall–Kier alpha value is -3.91. The van der Waals surface area contributed by atoms with Crippen LogP contribution in [0.2, 0.25) is 0 Å². The minimum absolute atomic E-state index is 0.0439. The Kier molecular flexibility index (Phi) is 4.87. The molecule has 5 rings (SSSR count). The Labute approximate surface area is 193 Å². The first kappa shape index (κ1) is 21.9. The topological polar surface area (TPSA) is 89.8 Å². The Morgan fingerprint density at radius 2 is 1.91 bits per heavy atom. The van der Waals surface area contributed by atoms with Gasteiger partial charge in [0, 0.05) is 13.2 Å². The van der Waals surface area contributed by atoms with E-state index in [1.54, 1.807) is 31.3 Å². The number of benzene rings is 2. The first-order valence-electron chi connectivity index (χ1n) is 10.2. The van der Waals surface area contributed by atoms with Crippen LogP contribution >= 0.6 is 11.3 Å². The lowest BCUT2D eigenvalue weighted by atomic mass is 10.0. The maximum Gasteiger partial charge on any atom is 0.416 e. The van der Waals surface area contributed by atoms with Gasteiger partial charge in [0.2, 0.25) is 0 Å². The van der Waals surface area contributed by atoms with Crippen molar-refractivity contribution in [3.63, 3.8) is 0 Å². The van der Waals surface area contributed by atoms with Gasteiger partial charge < -0.3 is 4.57 Å². The summed E-state index contributed by atoms with van der Waals surface area (Å²) in [6, 6.07) is 9.39. The van der Waals surface area contributed by atoms with E-state index in [1.807, 2.05) is 0 Å². The third kappa shape index (κ3) is 3.21. The van der Waals surface area contributed by atoms with E-state index in [-0.39, 0.29) is 34.4 Å². The van der Waals surface area contributed by atoms with Crippen LogP contribution in [-0.2, 0) is 19.6 Å². The van der Waals surface area contributed by atoms with Crippen LogP contribution in [0.4, 0.5) is 13.2 Å². The van der Waals surface area contributed by atoms with E-state index in [1.165, 1.54) is 16.7 Å². The maximum atomic E-state index is 13.5. The summed E-state index contributed by atoms with van der Waals surface area (Å²) in [5.74, 6) is 0. The highest BCUT2D eigenvalue weighted by molar-refractivity contribution is 7.16. The van der Waals surface area contributed by atoms with Gasteiger partial charge in [-0.15, -0.1) is 0 Å². The smallest absolute Gasteiger partial charge is 0.302 e. The second-order valence-corrected chi connectivity index (χ2v) is 8.98. The molecule has 2 aromatic carbocycles. The lowest BCUT2D eigenvalue weighted by Gasteiger charge is -2.18. The van der Waals surface area contributed by atoms with Gasteiger partial charge in [-0.1, -0.05) is 23.5 Å². The molecule has 0 bridgehead atoms. The third-order valence-electron chi connectivity index (χ3n) is 6.15. The van der Waals surface area contributed by atoms with E-state index in [0.29, 0.717) is 15.9 Å². The molecule has 2 heterocycles.